The van der Waals surface area contributed by atoms with Crippen LogP contribution in [0.2, 0.25) is 0 Å². The molecule has 146 valence electrons. The number of nitrogens with two attached hydrogens (primary N) is 1. The summed E-state index contributed by atoms with van der Waals surface area (Å²) in [6.07, 6.45) is 7.52. The van der Waals surface area contributed by atoms with Crippen LogP contribution in [0, 0.1) is 0 Å². The molecule has 3 N–H and O–H groups in total. The van der Waals surface area contributed by atoms with Crippen molar-refractivity contribution < 1.29 is 14.6 Å². The van der Waals surface area contributed by atoms with Gasteiger partial charge >= 0.3 is 0 Å². The van der Waals surface area contributed by atoms with E-state index in [4.69, 9.17) is 10.5 Å². The Kier molecular flexibility index (Phi) is 7.21. The van der Waals surface area contributed by atoms with E-state index in [-0.39, 0.29) is 17.6 Å². The van der Waals surface area contributed by atoms with E-state index >= 15 is 0 Å². The predicted octanol–water partition coefficient (Wildman–Crippen LogP) is 5.11. The monoisotopic (exact) mass is 377 g/mol. The Morgan fingerprint density at radius 2 is 1.82 bits per heavy atom. The first-order valence-corrected chi connectivity index (χ1v) is 9.21. The fourth-order valence-electron chi connectivity index (χ4n) is 2.85. The lowest BCUT2D eigenvalue weighted by atomic mass is 9.97. The number of hydrogen-bond acceptors (Lipinski definition) is 4. The first-order valence-electron chi connectivity index (χ1n) is 9.21. The molecule has 28 heavy (non-hydrogen) atoms. The SMILES string of the molecule is C=CCc1cc(C=CC(=O)c2ccc(N)cc2)c(OC(C)C)c(CC=C)c1O. The normalized spacial score (nSPS) is 11.0. The summed E-state index contributed by atoms with van der Waals surface area (Å²) in [5.41, 5.74) is 8.94. The molecule has 0 bridgehead atoms. The fourth-order valence-corrected chi connectivity index (χ4v) is 2.85. The van der Waals surface area contributed by atoms with Crippen molar-refractivity contribution in [2.24, 2.45) is 0 Å². The van der Waals surface area contributed by atoms with Crippen molar-refractivity contribution in [1.29, 1.82) is 0 Å². The molecular weight excluding hydrogens is 350 g/mol. The standard InChI is InChI=1S/C24H27NO3/c1-5-7-18-15-19(11-14-22(26)17-9-12-20(25)13-10-17)24(28-16(3)4)21(8-6-2)23(18)27/h5-6,9-16,27H,1-2,7-8,25H2,3-4H3. The number of phenolic OH excluding ortho intramolecular Hbond substituents is 1. The van der Waals surface area contributed by atoms with E-state index in [0.717, 1.165) is 11.1 Å². The van der Waals surface area contributed by atoms with Crippen molar-refractivity contribution in [2.45, 2.75) is 32.8 Å². The summed E-state index contributed by atoms with van der Waals surface area (Å²) in [5.74, 6) is 0.596. The van der Waals surface area contributed by atoms with E-state index in [1.165, 1.54) is 6.08 Å². The van der Waals surface area contributed by atoms with Crippen LogP contribution in [0.4, 0.5) is 5.69 Å². The molecule has 0 aliphatic carbocycles. The highest BCUT2D eigenvalue weighted by molar-refractivity contribution is 6.07. The number of rotatable bonds is 9. The summed E-state index contributed by atoms with van der Waals surface area (Å²) >= 11 is 0. The molecule has 0 unspecified atom stereocenters. The smallest absolute Gasteiger partial charge is 0.185 e. The second-order valence-electron chi connectivity index (χ2n) is 6.75. The number of hydrogen-bond donors (Lipinski definition) is 2. The Hall–Kier alpha value is -3.27. The van der Waals surface area contributed by atoms with E-state index in [1.807, 2.05) is 19.9 Å². The minimum Gasteiger partial charge on any atom is -0.507 e. The van der Waals surface area contributed by atoms with E-state index in [2.05, 4.69) is 13.2 Å². The second kappa shape index (κ2) is 9.60. The van der Waals surface area contributed by atoms with Gasteiger partial charge in [-0.15, -0.1) is 13.2 Å². The van der Waals surface area contributed by atoms with Gasteiger partial charge in [0.1, 0.15) is 11.5 Å². The lowest BCUT2D eigenvalue weighted by Gasteiger charge is -2.19. The largest absolute Gasteiger partial charge is 0.507 e. The maximum Gasteiger partial charge on any atom is 0.185 e. The van der Waals surface area contributed by atoms with Crippen molar-refractivity contribution >= 4 is 17.5 Å². The average molecular weight is 377 g/mol. The average Bonchev–Trinajstić information content (AvgIpc) is 2.66. The molecule has 0 heterocycles. The van der Waals surface area contributed by atoms with Gasteiger partial charge in [0, 0.05) is 22.4 Å². The molecule has 0 saturated carbocycles. The van der Waals surface area contributed by atoms with Gasteiger partial charge in [0.25, 0.3) is 0 Å². The van der Waals surface area contributed by atoms with E-state index in [1.54, 1.807) is 42.5 Å². The van der Waals surface area contributed by atoms with Crippen molar-refractivity contribution in [3.63, 3.8) is 0 Å². The summed E-state index contributed by atoms with van der Waals surface area (Å²) in [5, 5.41) is 10.7. The number of aromatic hydroxyl groups is 1. The van der Waals surface area contributed by atoms with Gasteiger partial charge in [-0.3, -0.25) is 4.79 Å². The Labute approximate surface area is 166 Å². The highest BCUT2D eigenvalue weighted by Crippen LogP contribution is 2.37. The van der Waals surface area contributed by atoms with Crippen LogP contribution in [0.3, 0.4) is 0 Å². The molecule has 2 aromatic carbocycles. The summed E-state index contributed by atoms with van der Waals surface area (Å²) in [4.78, 5) is 12.5. The molecule has 0 fully saturated rings. The van der Waals surface area contributed by atoms with Crippen LogP contribution in [0.1, 0.15) is 40.9 Å². The number of nitrogen functional groups attached to an aromatic ring is 1. The first-order chi connectivity index (χ1) is 13.4. The van der Waals surface area contributed by atoms with Crippen LogP contribution in [0.15, 0.2) is 61.7 Å². The van der Waals surface area contributed by atoms with Crippen LogP contribution < -0.4 is 10.5 Å². The third-order valence-corrected chi connectivity index (χ3v) is 4.13. The molecule has 0 aliphatic heterocycles. The molecule has 0 saturated heterocycles. The summed E-state index contributed by atoms with van der Waals surface area (Å²) in [6.45, 7) is 11.4. The number of benzene rings is 2. The number of ether oxygens (including phenoxy) is 1. The number of carbonyl (C=O) groups is 1. The molecule has 0 atom stereocenters. The van der Waals surface area contributed by atoms with Gasteiger partial charge in [0.2, 0.25) is 0 Å². The lowest BCUT2D eigenvalue weighted by Crippen LogP contribution is -2.10. The Morgan fingerprint density at radius 3 is 2.39 bits per heavy atom. The Bertz CT molecular complexity index is 893. The number of ketones is 1. The summed E-state index contributed by atoms with van der Waals surface area (Å²) < 4.78 is 5.98. The predicted molar refractivity (Wildman–Crippen MR) is 116 cm³/mol. The lowest BCUT2D eigenvalue weighted by molar-refractivity contribution is 0.104. The zero-order valence-corrected chi connectivity index (χ0v) is 16.4. The Morgan fingerprint density at radius 1 is 1.18 bits per heavy atom. The highest BCUT2D eigenvalue weighted by atomic mass is 16.5. The topological polar surface area (TPSA) is 72.6 Å². The Balaban J connectivity index is 2.52. The van der Waals surface area contributed by atoms with Gasteiger partial charge in [-0.2, -0.15) is 0 Å². The molecule has 0 amide bonds. The van der Waals surface area contributed by atoms with Gasteiger partial charge < -0.3 is 15.6 Å². The van der Waals surface area contributed by atoms with E-state index in [9.17, 15) is 9.90 Å². The fraction of sp³-hybridized carbons (Fsp3) is 0.208. The maximum absolute atomic E-state index is 12.5. The van der Waals surface area contributed by atoms with Gasteiger partial charge in [0.15, 0.2) is 5.78 Å². The van der Waals surface area contributed by atoms with Crippen molar-refractivity contribution in [2.75, 3.05) is 5.73 Å². The highest BCUT2D eigenvalue weighted by Gasteiger charge is 2.18. The van der Waals surface area contributed by atoms with Crippen molar-refractivity contribution in [3.8, 4) is 11.5 Å². The quantitative estimate of drug-likeness (QED) is 0.275. The molecular formula is C24H27NO3. The molecule has 0 aromatic heterocycles. The number of carbonyl (C=O) groups excluding carboxylic acids is 1. The first kappa shape index (κ1) is 21.0. The molecule has 2 rings (SSSR count). The van der Waals surface area contributed by atoms with E-state index in [0.29, 0.717) is 35.4 Å². The zero-order valence-electron chi connectivity index (χ0n) is 16.4. The van der Waals surface area contributed by atoms with Crippen LogP contribution in [0.5, 0.6) is 11.5 Å². The molecule has 4 heteroatoms. The van der Waals surface area contributed by atoms with Crippen molar-refractivity contribution in [1.82, 2.24) is 0 Å². The summed E-state index contributed by atoms with van der Waals surface area (Å²) in [7, 11) is 0. The third-order valence-electron chi connectivity index (χ3n) is 4.13. The number of allylic oxidation sites excluding steroid dienone is 3. The number of phenols is 1. The van der Waals surface area contributed by atoms with Gasteiger partial charge in [-0.25, -0.2) is 0 Å². The van der Waals surface area contributed by atoms with Gasteiger partial charge in [-0.05, 0) is 74.7 Å². The van der Waals surface area contributed by atoms with E-state index < -0.39 is 0 Å². The van der Waals surface area contributed by atoms with Crippen LogP contribution in [-0.2, 0) is 12.8 Å². The zero-order chi connectivity index (χ0) is 20.7. The van der Waals surface area contributed by atoms with Crippen LogP contribution >= 0.6 is 0 Å². The molecule has 4 nitrogen and oxygen atoms in total. The molecule has 0 aliphatic rings. The minimum atomic E-state index is -0.140. The summed E-state index contributed by atoms with van der Waals surface area (Å²) in [6, 6.07) is 8.60. The second-order valence-corrected chi connectivity index (χ2v) is 6.75. The van der Waals surface area contributed by atoms with Crippen LogP contribution in [-0.4, -0.2) is 17.0 Å². The molecule has 2 aromatic rings. The molecule has 0 radical (unpaired) electrons. The number of anilines is 1. The van der Waals surface area contributed by atoms with Crippen LogP contribution in [0.25, 0.3) is 6.08 Å². The van der Waals surface area contributed by atoms with Gasteiger partial charge in [0.05, 0.1) is 6.10 Å². The third kappa shape index (κ3) is 5.13. The maximum atomic E-state index is 12.5. The van der Waals surface area contributed by atoms with Gasteiger partial charge in [-0.1, -0.05) is 12.2 Å². The molecule has 0 spiro atoms. The van der Waals surface area contributed by atoms with Crippen molar-refractivity contribution in [3.05, 3.63) is 84.0 Å². The minimum absolute atomic E-state index is 0.0897.